The maximum atomic E-state index is 5.99. The Labute approximate surface area is 72.9 Å². The zero-order chi connectivity index (χ0) is 7.40. The minimum atomic E-state index is 0.168. The molecule has 0 amide bonds. The van der Waals surface area contributed by atoms with Gasteiger partial charge in [0.15, 0.2) is 0 Å². The molecule has 59 valence electrons. The monoisotopic (exact) mass is 179 g/mol. The Morgan fingerprint density at radius 2 is 1.90 bits per heavy atom. The highest BCUT2D eigenvalue weighted by Gasteiger charge is 2.17. The van der Waals surface area contributed by atoms with Crippen molar-refractivity contribution in [2.75, 3.05) is 0 Å². The molecule has 0 aromatic rings. The molecule has 1 saturated carbocycles. The van der Waals surface area contributed by atoms with Gasteiger partial charge in [-0.05, 0) is 19.3 Å². The molecule has 10 heavy (non-hydrogen) atoms. The first kappa shape index (κ1) is 8.67. The summed E-state index contributed by atoms with van der Waals surface area (Å²) in [5.74, 6) is 0. The third kappa shape index (κ3) is 2.67. The van der Waals surface area contributed by atoms with Crippen molar-refractivity contribution in [3.8, 4) is 0 Å². The standard InChI is InChI=1S/C8H13Cl2/c9-7-5-3-1-2-4-6-8(7)10/h3,7-8H,1-2,4-6H2. The number of hydrogen-bond acceptors (Lipinski definition) is 0. The summed E-state index contributed by atoms with van der Waals surface area (Å²) in [6.07, 6.45) is 8.05. The second-order valence-corrected chi connectivity index (χ2v) is 3.96. The van der Waals surface area contributed by atoms with Gasteiger partial charge in [-0.1, -0.05) is 19.3 Å². The molecule has 2 atom stereocenters. The van der Waals surface area contributed by atoms with E-state index in [1.807, 2.05) is 0 Å². The van der Waals surface area contributed by atoms with Gasteiger partial charge in [-0.2, -0.15) is 0 Å². The fourth-order valence-electron chi connectivity index (χ4n) is 1.23. The lowest BCUT2D eigenvalue weighted by Crippen LogP contribution is -2.16. The maximum Gasteiger partial charge on any atom is 0.0502 e. The van der Waals surface area contributed by atoms with Crippen LogP contribution in [0.25, 0.3) is 0 Å². The molecule has 0 N–H and O–H groups in total. The summed E-state index contributed by atoms with van der Waals surface area (Å²) in [6.45, 7) is 0. The van der Waals surface area contributed by atoms with Crippen molar-refractivity contribution in [3.05, 3.63) is 6.42 Å². The Bertz CT molecular complexity index is 81.3. The average molecular weight is 180 g/mol. The van der Waals surface area contributed by atoms with Crippen molar-refractivity contribution < 1.29 is 0 Å². The lowest BCUT2D eigenvalue weighted by Gasteiger charge is -2.18. The molecular weight excluding hydrogens is 167 g/mol. The van der Waals surface area contributed by atoms with Crippen LogP contribution in [0.2, 0.25) is 0 Å². The van der Waals surface area contributed by atoms with E-state index in [4.69, 9.17) is 23.2 Å². The SMILES string of the molecule is ClC1C[CH]CCCCC1Cl. The second kappa shape index (κ2) is 4.46. The molecule has 0 heterocycles. The molecule has 2 unspecified atom stereocenters. The molecular formula is C8H13Cl2. The Balaban J connectivity index is 2.28. The number of rotatable bonds is 0. The lowest BCUT2D eigenvalue weighted by atomic mass is 10.0. The van der Waals surface area contributed by atoms with E-state index in [0.717, 1.165) is 12.8 Å². The lowest BCUT2D eigenvalue weighted by molar-refractivity contribution is 0.576. The molecule has 2 heteroatoms. The van der Waals surface area contributed by atoms with Crippen LogP contribution in [-0.2, 0) is 0 Å². The molecule has 1 aliphatic carbocycles. The minimum Gasteiger partial charge on any atom is -0.121 e. The van der Waals surface area contributed by atoms with Gasteiger partial charge in [0, 0.05) is 5.38 Å². The fourth-order valence-corrected chi connectivity index (χ4v) is 1.74. The molecule has 1 fully saturated rings. The largest absolute Gasteiger partial charge is 0.121 e. The van der Waals surface area contributed by atoms with E-state index in [2.05, 4.69) is 6.42 Å². The topological polar surface area (TPSA) is 0 Å². The van der Waals surface area contributed by atoms with Crippen molar-refractivity contribution in [1.29, 1.82) is 0 Å². The van der Waals surface area contributed by atoms with Crippen molar-refractivity contribution >= 4 is 23.2 Å². The molecule has 0 nitrogen and oxygen atoms in total. The summed E-state index contributed by atoms with van der Waals surface area (Å²) < 4.78 is 0. The predicted octanol–water partition coefficient (Wildman–Crippen LogP) is 3.37. The molecule has 1 radical (unpaired) electrons. The third-order valence-corrected chi connectivity index (χ3v) is 3.06. The van der Waals surface area contributed by atoms with Crippen LogP contribution in [0.1, 0.15) is 32.1 Å². The summed E-state index contributed by atoms with van der Waals surface area (Å²) in [5, 5.41) is 0.361. The van der Waals surface area contributed by atoms with Gasteiger partial charge in [-0.15, -0.1) is 23.2 Å². The Morgan fingerprint density at radius 3 is 2.70 bits per heavy atom. The first-order valence-corrected chi connectivity index (χ1v) is 4.78. The first-order valence-electron chi connectivity index (χ1n) is 3.90. The highest BCUT2D eigenvalue weighted by Crippen LogP contribution is 2.24. The van der Waals surface area contributed by atoms with Gasteiger partial charge in [-0.25, -0.2) is 0 Å². The zero-order valence-corrected chi connectivity index (χ0v) is 7.54. The van der Waals surface area contributed by atoms with Crippen LogP contribution in [0.4, 0.5) is 0 Å². The van der Waals surface area contributed by atoms with Gasteiger partial charge >= 0.3 is 0 Å². The highest BCUT2D eigenvalue weighted by molar-refractivity contribution is 6.30. The number of halogens is 2. The second-order valence-electron chi connectivity index (χ2n) is 2.84. The van der Waals surface area contributed by atoms with E-state index in [-0.39, 0.29) is 10.8 Å². The van der Waals surface area contributed by atoms with Gasteiger partial charge in [0.1, 0.15) is 0 Å². The van der Waals surface area contributed by atoms with E-state index >= 15 is 0 Å². The van der Waals surface area contributed by atoms with Crippen LogP contribution >= 0.6 is 23.2 Å². The molecule has 0 bridgehead atoms. The third-order valence-electron chi connectivity index (χ3n) is 1.92. The molecule has 0 aromatic heterocycles. The van der Waals surface area contributed by atoms with Crippen LogP contribution < -0.4 is 0 Å². The van der Waals surface area contributed by atoms with Crippen molar-refractivity contribution in [3.63, 3.8) is 0 Å². The molecule has 1 rings (SSSR count). The quantitative estimate of drug-likeness (QED) is 0.501. The Kier molecular flexibility index (Phi) is 3.87. The molecule has 1 aliphatic rings. The van der Waals surface area contributed by atoms with Crippen molar-refractivity contribution in [1.82, 2.24) is 0 Å². The summed E-state index contributed by atoms with van der Waals surface area (Å²) in [4.78, 5) is 0. The Morgan fingerprint density at radius 1 is 1.10 bits per heavy atom. The van der Waals surface area contributed by atoms with Crippen LogP contribution in [0, 0.1) is 6.42 Å². The number of alkyl halides is 2. The zero-order valence-electron chi connectivity index (χ0n) is 6.02. The van der Waals surface area contributed by atoms with E-state index in [9.17, 15) is 0 Å². The van der Waals surface area contributed by atoms with E-state index in [1.165, 1.54) is 19.3 Å². The smallest absolute Gasteiger partial charge is 0.0502 e. The first-order chi connectivity index (χ1) is 4.80. The van der Waals surface area contributed by atoms with Crippen LogP contribution in [-0.4, -0.2) is 10.8 Å². The van der Waals surface area contributed by atoms with Crippen molar-refractivity contribution in [2.24, 2.45) is 0 Å². The highest BCUT2D eigenvalue weighted by atomic mass is 35.5. The van der Waals surface area contributed by atoms with Gasteiger partial charge in [0.2, 0.25) is 0 Å². The maximum absolute atomic E-state index is 5.99. The normalized spacial score (nSPS) is 36.6. The molecule has 0 saturated heterocycles. The summed E-state index contributed by atoms with van der Waals surface area (Å²) in [7, 11) is 0. The summed E-state index contributed by atoms with van der Waals surface area (Å²) in [5.41, 5.74) is 0. The summed E-state index contributed by atoms with van der Waals surface area (Å²) in [6, 6.07) is 0. The van der Waals surface area contributed by atoms with Gasteiger partial charge in [0.25, 0.3) is 0 Å². The fraction of sp³-hybridized carbons (Fsp3) is 0.875. The van der Waals surface area contributed by atoms with Crippen LogP contribution in [0.15, 0.2) is 0 Å². The molecule has 0 aliphatic heterocycles. The van der Waals surface area contributed by atoms with E-state index < -0.39 is 0 Å². The van der Waals surface area contributed by atoms with E-state index in [0.29, 0.717) is 0 Å². The Hall–Kier alpha value is 0.580. The van der Waals surface area contributed by atoms with E-state index in [1.54, 1.807) is 0 Å². The summed E-state index contributed by atoms with van der Waals surface area (Å²) >= 11 is 12.0. The number of hydrogen-bond donors (Lipinski definition) is 0. The van der Waals surface area contributed by atoms with Gasteiger partial charge in [0.05, 0.1) is 5.38 Å². The van der Waals surface area contributed by atoms with Crippen LogP contribution in [0.3, 0.4) is 0 Å². The average Bonchev–Trinajstić information content (AvgIpc) is 1.92. The minimum absolute atomic E-state index is 0.168. The molecule has 0 aromatic carbocycles. The van der Waals surface area contributed by atoms with Crippen molar-refractivity contribution in [2.45, 2.75) is 42.9 Å². The van der Waals surface area contributed by atoms with Gasteiger partial charge < -0.3 is 0 Å². The predicted molar refractivity (Wildman–Crippen MR) is 46.7 cm³/mol. The van der Waals surface area contributed by atoms with Crippen LogP contribution in [0.5, 0.6) is 0 Å². The molecule has 0 spiro atoms. The van der Waals surface area contributed by atoms with Gasteiger partial charge in [-0.3, -0.25) is 0 Å².